The fourth-order valence-corrected chi connectivity index (χ4v) is 2.04. The van der Waals surface area contributed by atoms with E-state index in [-0.39, 0.29) is 11.7 Å². The molecule has 0 saturated carbocycles. The lowest BCUT2D eigenvalue weighted by Crippen LogP contribution is -2.12. The number of halogens is 1. The standard InChI is InChI=1S/C14H12ClN5O2/c1-2-20-18-14(17-19-20)16-13(21)12-7-6-11(22-12)9-4-3-5-10(15)8-9/h3-8H,2H2,1H3,(H,16,18,21). The molecule has 0 unspecified atom stereocenters. The molecule has 0 fully saturated rings. The summed E-state index contributed by atoms with van der Waals surface area (Å²) < 4.78 is 5.54. The van der Waals surface area contributed by atoms with Gasteiger partial charge in [-0.2, -0.15) is 4.80 Å². The summed E-state index contributed by atoms with van der Waals surface area (Å²) >= 11 is 5.94. The van der Waals surface area contributed by atoms with E-state index < -0.39 is 5.91 Å². The number of furan rings is 1. The van der Waals surface area contributed by atoms with Gasteiger partial charge in [0, 0.05) is 10.6 Å². The van der Waals surface area contributed by atoms with Crippen molar-refractivity contribution in [1.82, 2.24) is 20.2 Å². The van der Waals surface area contributed by atoms with Gasteiger partial charge >= 0.3 is 0 Å². The van der Waals surface area contributed by atoms with Crippen LogP contribution in [-0.4, -0.2) is 26.1 Å². The summed E-state index contributed by atoms with van der Waals surface area (Å²) in [6.07, 6.45) is 0. The molecule has 0 spiro atoms. The van der Waals surface area contributed by atoms with Crippen LogP contribution in [0.1, 0.15) is 17.5 Å². The Morgan fingerprint density at radius 2 is 2.23 bits per heavy atom. The molecular formula is C14H12ClN5O2. The number of aryl methyl sites for hydroxylation is 1. The Morgan fingerprint density at radius 1 is 1.36 bits per heavy atom. The number of hydrogen-bond acceptors (Lipinski definition) is 5. The van der Waals surface area contributed by atoms with Gasteiger partial charge in [-0.05, 0) is 36.4 Å². The molecule has 1 N–H and O–H groups in total. The van der Waals surface area contributed by atoms with Gasteiger partial charge in [0.1, 0.15) is 5.76 Å². The van der Waals surface area contributed by atoms with Crippen molar-refractivity contribution >= 4 is 23.5 Å². The molecule has 0 aliphatic carbocycles. The fourth-order valence-electron chi connectivity index (χ4n) is 1.85. The molecule has 1 aromatic carbocycles. The zero-order valence-electron chi connectivity index (χ0n) is 11.7. The first-order valence-corrected chi connectivity index (χ1v) is 6.98. The number of nitrogens with one attached hydrogen (secondary N) is 1. The fraction of sp³-hybridized carbons (Fsp3) is 0.143. The number of anilines is 1. The molecule has 0 aliphatic heterocycles. The highest BCUT2D eigenvalue weighted by Crippen LogP contribution is 2.25. The SMILES string of the molecule is CCn1nnc(NC(=O)c2ccc(-c3cccc(Cl)c3)o2)n1. The molecule has 7 nitrogen and oxygen atoms in total. The maximum atomic E-state index is 12.1. The van der Waals surface area contributed by atoms with Crippen LogP contribution in [0.3, 0.4) is 0 Å². The van der Waals surface area contributed by atoms with Crippen LogP contribution in [0.2, 0.25) is 5.02 Å². The Balaban J connectivity index is 1.76. The number of tetrazole rings is 1. The van der Waals surface area contributed by atoms with Gasteiger partial charge in [0.05, 0.1) is 6.54 Å². The minimum absolute atomic E-state index is 0.132. The Bertz CT molecular complexity index is 811. The number of carbonyl (C=O) groups is 1. The lowest BCUT2D eigenvalue weighted by atomic mass is 10.2. The van der Waals surface area contributed by atoms with Crippen molar-refractivity contribution in [1.29, 1.82) is 0 Å². The minimum Gasteiger partial charge on any atom is -0.451 e. The monoisotopic (exact) mass is 317 g/mol. The second kappa shape index (κ2) is 5.98. The first-order valence-electron chi connectivity index (χ1n) is 6.60. The Labute approximate surface area is 130 Å². The van der Waals surface area contributed by atoms with Gasteiger partial charge in [0.15, 0.2) is 5.76 Å². The van der Waals surface area contributed by atoms with Gasteiger partial charge in [0.2, 0.25) is 0 Å². The summed E-state index contributed by atoms with van der Waals surface area (Å²) in [5.74, 6) is 0.400. The lowest BCUT2D eigenvalue weighted by Gasteiger charge is -1.98. The van der Waals surface area contributed by atoms with Crippen LogP contribution < -0.4 is 5.32 Å². The number of nitrogens with zero attached hydrogens (tertiary/aromatic N) is 4. The Kier molecular flexibility index (Phi) is 3.88. The van der Waals surface area contributed by atoms with Crippen LogP contribution in [0.15, 0.2) is 40.8 Å². The third-order valence-corrected chi connectivity index (χ3v) is 3.14. The summed E-state index contributed by atoms with van der Waals surface area (Å²) in [5.41, 5.74) is 0.793. The summed E-state index contributed by atoms with van der Waals surface area (Å²) in [7, 11) is 0. The number of hydrogen-bond donors (Lipinski definition) is 1. The molecule has 3 rings (SSSR count). The quantitative estimate of drug-likeness (QED) is 0.799. The smallest absolute Gasteiger partial charge is 0.293 e. The van der Waals surface area contributed by atoms with E-state index in [1.165, 1.54) is 4.80 Å². The molecule has 0 radical (unpaired) electrons. The van der Waals surface area contributed by atoms with Crippen LogP contribution in [0, 0.1) is 0 Å². The van der Waals surface area contributed by atoms with Crippen LogP contribution in [0.4, 0.5) is 5.95 Å². The van der Waals surface area contributed by atoms with Gasteiger partial charge in [0.25, 0.3) is 11.9 Å². The molecule has 1 amide bonds. The molecule has 112 valence electrons. The molecule has 2 aromatic heterocycles. The Hall–Kier alpha value is -2.67. The maximum absolute atomic E-state index is 12.1. The second-order valence-electron chi connectivity index (χ2n) is 4.43. The second-order valence-corrected chi connectivity index (χ2v) is 4.87. The zero-order valence-corrected chi connectivity index (χ0v) is 12.4. The van der Waals surface area contributed by atoms with Crippen molar-refractivity contribution in [3.63, 3.8) is 0 Å². The first kappa shape index (κ1) is 14.3. The van der Waals surface area contributed by atoms with E-state index in [0.29, 0.717) is 17.3 Å². The normalized spacial score (nSPS) is 10.6. The highest BCUT2D eigenvalue weighted by molar-refractivity contribution is 6.30. The Morgan fingerprint density at radius 3 is 2.95 bits per heavy atom. The highest BCUT2D eigenvalue weighted by atomic mass is 35.5. The van der Waals surface area contributed by atoms with E-state index in [1.54, 1.807) is 24.3 Å². The third-order valence-electron chi connectivity index (χ3n) is 2.90. The average molecular weight is 318 g/mol. The summed E-state index contributed by atoms with van der Waals surface area (Å²) in [6.45, 7) is 2.44. The van der Waals surface area contributed by atoms with Crippen molar-refractivity contribution < 1.29 is 9.21 Å². The molecule has 8 heteroatoms. The predicted molar refractivity (Wildman–Crippen MR) is 80.6 cm³/mol. The number of rotatable bonds is 4. The molecule has 0 atom stereocenters. The van der Waals surface area contributed by atoms with Crippen molar-refractivity contribution in [3.05, 3.63) is 47.2 Å². The lowest BCUT2D eigenvalue weighted by molar-refractivity contribution is 0.0996. The van der Waals surface area contributed by atoms with Gasteiger partial charge < -0.3 is 4.42 Å². The maximum Gasteiger partial charge on any atom is 0.293 e. The minimum atomic E-state index is -0.441. The van der Waals surface area contributed by atoms with Crippen LogP contribution >= 0.6 is 11.6 Å². The van der Waals surface area contributed by atoms with Crippen LogP contribution in [0.5, 0.6) is 0 Å². The molecule has 3 aromatic rings. The van der Waals surface area contributed by atoms with Gasteiger partial charge in [-0.25, -0.2) is 0 Å². The van der Waals surface area contributed by atoms with Crippen molar-refractivity contribution in [2.45, 2.75) is 13.5 Å². The van der Waals surface area contributed by atoms with E-state index in [0.717, 1.165) is 5.56 Å². The van der Waals surface area contributed by atoms with E-state index in [1.807, 2.05) is 19.1 Å². The number of amides is 1. The molecule has 0 bridgehead atoms. The van der Waals surface area contributed by atoms with Gasteiger partial charge in [-0.15, -0.1) is 5.10 Å². The van der Waals surface area contributed by atoms with Gasteiger partial charge in [-0.1, -0.05) is 28.8 Å². The highest BCUT2D eigenvalue weighted by Gasteiger charge is 2.14. The van der Waals surface area contributed by atoms with E-state index in [9.17, 15) is 4.79 Å². The van der Waals surface area contributed by atoms with Crippen molar-refractivity contribution in [2.24, 2.45) is 0 Å². The summed E-state index contributed by atoms with van der Waals surface area (Å²) in [5, 5.41) is 14.6. The topological polar surface area (TPSA) is 85.8 Å². The average Bonchev–Trinajstić information content (AvgIpc) is 3.16. The molecule has 2 heterocycles. The van der Waals surface area contributed by atoms with Crippen molar-refractivity contribution in [2.75, 3.05) is 5.32 Å². The predicted octanol–water partition coefficient (Wildman–Crippen LogP) is 2.86. The van der Waals surface area contributed by atoms with Gasteiger partial charge in [-0.3, -0.25) is 10.1 Å². The van der Waals surface area contributed by atoms with Crippen LogP contribution in [-0.2, 0) is 6.54 Å². The van der Waals surface area contributed by atoms with Crippen LogP contribution in [0.25, 0.3) is 11.3 Å². The summed E-state index contributed by atoms with van der Waals surface area (Å²) in [6, 6.07) is 10.5. The zero-order chi connectivity index (χ0) is 15.5. The number of carbonyl (C=O) groups excluding carboxylic acids is 1. The molecule has 0 aliphatic rings. The molecular weight excluding hydrogens is 306 g/mol. The molecule has 0 saturated heterocycles. The van der Waals surface area contributed by atoms with E-state index >= 15 is 0 Å². The molecule has 22 heavy (non-hydrogen) atoms. The number of aromatic nitrogens is 4. The summed E-state index contributed by atoms with van der Waals surface area (Å²) in [4.78, 5) is 13.4. The third kappa shape index (κ3) is 2.99. The number of benzene rings is 1. The van der Waals surface area contributed by atoms with E-state index in [4.69, 9.17) is 16.0 Å². The van der Waals surface area contributed by atoms with Crippen molar-refractivity contribution in [3.8, 4) is 11.3 Å². The van der Waals surface area contributed by atoms with E-state index in [2.05, 4.69) is 20.7 Å². The largest absolute Gasteiger partial charge is 0.451 e. The first-order chi connectivity index (χ1) is 10.7.